The highest BCUT2D eigenvalue weighted by Crippen LogP contribution is 2.28. The smallest absolute Gasteiger partial charge is 0.00720 e. The minimum absolute atomic E-state index is 0.738. The molecular formula is C17H35N. The van der Waals surface area contributed by atoms with Gasteiger partial charge in [-0.15, -0.1) is 0 Å². The van der Waals surface area contributed by atoms with Crippen LogP contribution in [-0.2, 0) is 0 Å². The highest BCUT2D eigenvalue weighted by molar-refractivity contribution is 4.76. The zero-order valence-electron chi connectivity index (χ0n) is 13.3. The van der Waals surface area contributed by atoms with Gasteiger partial charge < -0.3 is 5.32 Å². The molecule has 2 unspecified atom stereocenters. The average molecular weight is 253 g/mol. The van der Waals surface area contributed by atoms with Crippen LogP contribution < -0.4 is 5.32 Å². The lowest BCUT2D eigenvalue weighted by Gasteiger charge is -2.30. The van der Waals surface area contributed by atoms with Crippen molar-refractivity contribution >= 4 is 0 Å². The summed E-state index contributed by atoms with van der Waals surface area (Å²) in [5, 5.41) is 3.87. The maximum Gasteiger partial charge on any atom is 0.00720 e. The maximum atomic E-state index is 3.87. The Kier molecular flexibility index (Phi) is 7.29. The molecule has 1 saturated carbocycles. The second kappa shape index (κ2) is 8.19. The van der Waals surface area contributed by atoms with Crippen LogP contribution in [0, 0.1) is 23.7 Å². The molecule has 1 rings (SSSR count). The van der Waals surface area contributed by atoms with E-state index in [4.69, 9.17) is 0 Å². The van der Waals surface area contributed by atoms with Crippen molar-refractivity contribution in [3.05, 3.63) is 0 Å². The van der Waals surface area contributed by atoms with Gasteiger partial charge in [0.25, 0.3) is 0 Å². The molecule has 1 aliphatic rings. The summed E-state index contributed by atoms with van der Waals surface area (Å²) >= 11 is 0. The summed E-state index contributed by atoms with van der Waals surface area (Å²) in [4.78, 5) is 0. The van der Waals surface area contributed by atoms with Crippen molar-refractivity contribution in [1.82, 2.24) is 5.32 Å². The van der Waals surface area contributed by atoms with Crippen LogP contribution in [0.4, 0.5) is 0 Å². The van der Waals surface area contributed by atoms with E-state index < -0.39 is 0 Å². The van der Waals surface area contributed by atoms with Gasteiger partial charge >= 0.3 is 0 Å². The summed E-state index contributed by atoms with van der Waals surface area (Å²) in [6.45, 7) is 13.1. The van der Waals surface area contributed by atoms with E-state index >= 15 is 0 Å². The molecule has 1 heteroatoms. The summed E-state index contributed by atoms with van der Waals surface area (Å²) in [6, 6.07) is 0.738. The van der Waals surface area contributed by atoms with E-state index in [-0.39, 0.29) is 0 Å². The topological polar surface area (TPSA) is 12.0 Å². The van der Waals surface area contributed by atoms with Crippen LogP contribution in [0.3, 0.4) is 0 Å². The molecule has 0 spiro atoms. The molecule has 2 atom stereocenters. The predicted octanol–water partition coefficient (Wildman–Crippen LogP) is 4.86. The summed E-state index contributed by atoms with van der Waals surface area (Å²) in [5.41, 5.74) is 0. The van der Waals surface area contributed by atoms with Gasteiger partial charge in [0.15, 0.2) is 0 Å². The quantitative estimate of drug-likeness (QED) is 0.683. The molecule has 1 fully saturated rings. The standard InChI is InChI=1S/C17H35N/c1-13(2)9-17(10-14(3)4)18-12-16-8-6-7-15(5)11-16/h13-18H,6-12H2,1-5H3. The van der Waals surface area contributed by atoms with Gasteiger partial charge in [0.05, 0.1) is 0 Å². The number of rotatable bonds is 7. The third-order valence-corrected chi connectivity index (χ3v) is 4.25. The van der Waals surface area contributed by atoms with E-state index in [1.807, 2.05) is 0 Å². The van der Waals surface area contributed by atoms with Crippen LogP contribution in [0.25, 0.3) is 0 Å². The van der Waals surface area contributed by atoms with E-state index in [1.54, 1.807) is 0 Å². The lowest BCUT2D eigenvalue weighted by Crippen LogP contribution is -2.36. The minimum Gasteiger partial charge on any atom is -0.314 e. The molecule has 0 aromatic heterocycles. The van der Waals surface area contributed by atoms with Crippen LogP contribution in [0.1, 0.15) is 73.1 Å². The Morgan fingerprint density at radius 1 is 1.00 bits per heavy atom. The predicted molar refractivity (Wildman–Crippen MR) is 81.8 cm³/mol. The number of nitrogens with one attached hydrogen (secondary N) is 1. The number of hydrogen-bond acceptors (Lipinski definition) is 1. The highest BCUT2D eigenvalue weighted by atomic mass is 14.9. The van der Waals surface area contributed by atoms with Gasteiger partial charge in [0.2, 0.25) is 0 Å². The van der Waals surface area contributed by atoms with Crippen molar-refractivity contribution < 1.29 is 0 Å². The van der Waals surface area contributed by atoms with Crippen molar-refractivity contribution in [2.75, 3.05) is 6.54 Å². The van der Waals surface area contributed by atoms with Crippen LogP contribution in [0.15, 0.2) is 0 Å². The molecule has 1 nitrogen and oxygen atoms in total. The van der Waals surface area contributed by atoms with Crippen LogP contribution >= 0.6 is 0 Å². The fourth-order valence-electron chi connectivity index (χ4n) is 3.48. The maximum absolute atomic E-state index is 3.87. The van der Waals surface area contributed by atoms with Gasteiger partial charge in [-0.1, -0.05) is 47.5 Å². The fraction of sp³-hybridized carbons (Fsp3) is 1.00. The lowest BCUT2D eigenvalue weighted by atomic mass is 9.82. The molecule has 0 heterocycles. The van der Waals surface area contributed by atoms with Crippen molar-refractivity contribution in [3.8, 4) is 0 Å². The van der Waals surface area contributed by atoms with Crippen molar-refractivity contribution in [1.29, 1.82) is 0 Å². The summed E-state index contributed by atoms with van der Waals surface area (Å²) in [5.74, 6) is 3.52. The van der Waals surface area contributed by atoms with Gasteiger partial charge in [-0.05, 0) is 55.9 Å². The molecule has 18 heavy (non-hydrogen) atoms. The van der Waals surface area contributed by atoms with Crippen LogP contribution in [-0.4, -0.2) is 12.6 Å². The molecule has 0 bridgehead atoms. The Hall–Kier alpha value is -0.0400. The Labute approximate surface area is 115 Å². The van der Waals surface area contributed by atoms with Gasteiger partial charge in [0, 0.05) is 6.04 Å². The Morgan fingerprint density at radius 3 is 2.11 bits per heavy atom. The SMILES string of the molecule is CC(C)CC(CC(C)C)NCC1CCCC(C)C1. The molecule has 0 aromatic carbocycles. The molecule has 0 saturated heterocycles. The normalized spacial score (nSPS) is 25.3. The fourth-order valence-corrected chi connectivity index (χ4v) is 3.48. The van der Waals surface area contributed by atoms with E-state index in [9.17, 15) is 0 Å². The first-order valence-corrected chi connectivity index (χ1v) is 8.20. The van der Waals surface area contributed by atoms with Crippen molar-refractivity contribution in [2.45, 2.75) is 79.2 Å². The Bertz CT molecular complexity index is 200. The Balaban J connectivity index is 2.30. The summed E-state index contributed by atoms with van der Waals surface area (Å²) in [6.07, 6.45) is 8.47. The molecule has 0 radical (unpaired) electrons. The minimum atomic E-state index is 0.738. The van der Waals surface area contributed by atoms with Crippen LogP contribution in [0.2, 0.25) is 0 Å². The number of hydrogen-bond donors (Lipinski definition) is 1. The Morgan fingerprint density at radius 2 is 1.61 bits per heavy atom. The zero-order chi connectivity index (χ0) is 13.5. The van der Waals surface area contributed by atoms with E-state index in [1.165, 1.54) is 45.1 Å². The van der Waals surface area contributed by atoms with Gasteiger partial charge in [-0.25, -0.2) is 0 Å². The van der Waals surface area contributed by atoms with Gasteiger partial charge in [-0.3, -0.25) is 0 Å². The summed E-state index contributed by atoms with van der Waals surface area (Å²) in [7, 11) is 0. The van der Waals surface area contributed by atoms with Crippen LogP contribution in [0.5, 0.6) is 0 Å². The van der Waals surface area contributed by atoms with E-state index in [0.29, 0.717) is 0 Å². The van der Waals surface area contributed by atoms with Gasteiger partial charge in [0.1, 0.15) is 0 Å². The highest BCUT2D eigenvalue weighted by Gasteiger charge is 2.20. The molecular weight excluding hydrogens is 218 g/mol. The molecule has 0 aliphatic heterocycles. The first-order chi connectivity index (χ1) is 8.47. The first-order valence-electron chi connectivity index (χ1n) is 8.20. The third-order valence-electron chi connectivity index (χ3n) is 4.25. The first kappa shape index (κ1) is 16.0. The second-order valence-corrected chi connectivity index (χ2v) is 7.50. The molecule has 1 N–H and O–H groups in total. The molecule has 0 aromatic rings. The largest absolute Gasteiger partial charge is 0.314 e. The lowest BCUT2D eigenvalue weighted by molar-refractivity contribution is 0.254. The van der Waals surface area contributed by atoms with E-state index in [2.05, 4.69) is 39.9 Å². The molecule has 108 valence electrons. The van der Waals surface area contributed by atoms with E-state index in [0.717, 1.165) is 29.7 Å². The average Bonchev–Trinajstić information content (AvgIpc) is 2.24. The molecule has 1 aliphatic carbocycles. The molecule has 0 amide bonds. The van der Waals surface area contributed by atoms with Crippen molar-refractivity contribution in [3.63, 3.8) is 0 Å². The second-order valence-electron chi connectivity index (χ2n) is 7.50. The zero-order valence-corrected chi connectivity index (χ0v) is 13.3. The van der Waals surface area contributed by atoms with Gasteiger partial charge in [-0.2, -0.15) is 0 Å². The summed E-state index contributed by atoms with van der Waals surface area (Å²) < 4.78 is 0. The van der Waals surface area contributed by atoms with Crippen molar-refractivity contribution in [2.24, 2.45) is 23.7 Å². The monoisotopic (exact) mass is 253 g/mol. The third kappa shape index (κ3) is 6.78.